The molecule has 0 amide bonds. The van der Waals surface area contributed by atoms with Crippen LogP contribution in [0.1, 0.15) is 171 Å². The Hall–Kier alpha value is -5.63. The molecule has 6 unspecified atom stereocenters. The van der Waals surface area contributed by atoms with E-state index < -0.39 is 60.1 Å². The highest BCUT2D eigenvalue weighted by atomic mass is 16.7. The lowest BCUT2D eigenvalue weighted by Crippen LogP contribution is -2.60. The van der Waals surface area contributed by atoms with Crippen LogP contribution in [0.3, 0.4) is 0 Å². The maximum Gasteiger partial charge on any atom is 0.338 e. The molecular weight excluding hydrogens is 1100 g/mol. The molecule has 0 radical (unpaired) electrons. The van der Waals surface area contributed by atoms with Gasteiger partial charge >= 0.3 is 17.2 Å². The molecule has 13 rings (SSSR count). The Morgan fingerprint density at radius 1 is 0.593 bits per heavy atom. The minimum absolute atomic E-state index is 0.00874. The fourth-order valence-electron chi connectivity index (χ4n) is 19.3. The van der Waals surface area contributed by atoms with Gasteiger partial charge in [-0.3, -0.25) is 0 Å². The Balaban J connectivity index is 0.000000171. The summed E-state index contributed by atoms with van der Waals surface area (Å²) in [4.78, 5) is 42.0. The van der Waals surface area contributed by atoms with Crippen LogP contribution in [0.5, 0.6) is 0 Å². The second-order valence-corrected chi connectivity index (χ2v) is 27.9. The summed E-state index contributed by atoms with van der Waals surface area (Å²) in [5.74, 6) is 0.688. The van der Waals surface area contributed by atoms with Crippen molar-refractivity contribution in [3.63, 3.8) is 0 Å². The fraction of sp³-hybridized carbons (Fsp3) is 0.682. The van der Waals surface area contributed by atoms with Crippen molar-refractivity contribution in [2.24, 2.45) is 61.5 Å². The Morgan fingerprint density at radius 3 is 1.58 bits per heavy atom. The number of hydrogen-bond acceptors (Lipinski definition) is 16. The van der Waals surface area contributed by atoms with Crippen LogP contribution in [-0.2, 0) is 23.7 Å². The zero-order valence-corrected chi connectivity index (χ0v) is 50.0. The highest BCUT2D eigenvalue weighted by Crippen LogP contribution is 2.72. The Labute approximate surface area is 500 Å². The van der Waals surface area contributed by atoms with Gasteiger partial charge in [0.25, 0.3) is 0 Å². The third kappa shape index (κ3) is 10.2. The number of azide groups is 2. The molecule has 0 spiro atoms. The summed E-state index contributed by atoms with van der Waals surface area (Å²) in [6.07, 6.45) is 16.3. The Kier molecular flexibility index (Phi) is 16.5. The molecule has 2 saturated heterocycles. The lowest BCUT2D eigenvalue weighted by atomic mass is 9.45. The first-order chi connectivity index (χ1) is 41.2. The number of fused-ring (bicyclic) bond motifs is 10. The minimum atomic E-state index is -1.30. The van der Waals surface area contributed by atoms with E-state index in [1.54, 1.807) is 36.8 Å². The summed E-state index contributed by atoms with van der Waals surface area (Å²) in [6, 6.07) is 14.2. The van der Waals surface area contributed by atoms with Gasteiger partial charge in [-0.05, 0) is 196 Å². The molecule has 2 aromatic heterocycles. The lowest BCUT2D eigenvalue weighted by molar-refractivity contribution is -0.259. The summed E-state index contributed by atoms with van der Waals surface area (Å²) in [5, 5.41) is 53.2. The van der Waals surface area contributed by atoms with Crippen molar-refractivity contribution in [1.82, 2.24) is 0 Å². The van der Waals surface area contributed by atoms with Gasteiger partial charge in [-0.15, -0.1) is 0 Å². The van der Waals surface area contributed by atoms with Crippen molar-refractivity contribution in [1.29, 1.82) is 0 Å². The van der Waals surface area contributed by atoms with Crippen LogP contribution in [0.15, 0.2) is 119 Å². The molecule has 8 aliphatic carbocycles. The number of allylic oxidation sites excluding steroid dienone is 2. The Morgan fingerprint density at radius 2 is 1.08 bits per heavy atom. The number of benzene rings is 1. The van der Waals surface area contributed by atoms with Gasteiger partial charge in [-0.1, -0.05) is 86.3 Å². The van der Waals surface area contributed by atoms with Gasteiger partial charge in [-0.25, -0.2) is 14.4 Å². The van der Waals surface area contributed by atoms with E-state index >= 15 is 0 Å². The first-order valence-electron chi connectivity index (χ1n) is 31.5. The topological polar surface area (TPSA) is 302 Å². The van der Waals surface area contributed by atoms with Crippen molar-refractivity contribution in [2.45, 2.75) is 216 Å². The molecule has 20 heteroatoms. The highest BCUT2D eigenvalue weighted by Gasteiger charge is 2.68. The number of rotatable bonds is 10. The quantitative estimate of drug-likeness (QED) is 0.0482. The zero-order valence-electron chi connectivity index (χ0n) is 50.0. The summed E-state index contributed by atoms with van der Waals surface area (Å²) in [7, 11) is 0. The second-order valence-electron chi connectivity index (χ2n) is 27.9. The molecule has 6 saturated carbocycles. The molecule has 10 aliphatic rings. The van der Waals surface area contributed by atoms with E-state index in [9.17, 15) is 34.8 Å². The molecule has 4 heterocycles. The average Bonchev–Trinajstić information content (AvgIpc) is 1.41. The van der Waals surface area contributed by atoms with Crippen molar-refractivity contribution >= 4 is 5.97 Å². The first kappa shape index (κ1) is 60.6. The largest absolute Gasteiger partial charge is 0.453 e. The summed E-state index contributed by atoms with van der Waals surface area (Å²) in [6.45, 7) is 11.3. The van der Waals surface area contributed by atoms with Crippen molar-refractivity contribution in [3.8, 4) is 0 Å². The normalized spacial score (nSPS) is 43.8. The van der Waals surface area contributed by atoms with Gasteiger partial charge in [0.05, 0.1) is 72.9 Å². The van der Waals surface area contributed by atoms with Crippen LogP contribution < -0.4 is 11.3 Å². The standard InChI is InChI=1S/C37H45N3O7.C29H39N3O7/c1-22-30(39-40-38)21-45-34(32(22)47-33(42)23-7-5-4-6-8-23)46-26-13-16-35(2)25(19-26)10-11-29-28(35)14-17-36(3)27(15-18-37(29,36)43)24-9-12-31(41)44-20-24;1-27-10-7-18(39-26-25(35)24(34)22(15-38-26)31-32-30)13-17(27)4-5-21-20(27)8-11-28(2)19(9-12-29(21,28)36)16-3-6-23(33)37-14-16/h4-9,12,19-20,22,26-30,32,34,43H,10-11,13-18,21H2,1-3H3;3,6,13-14,18-22,24-26,34-36H,4-5,7-12,15H2,1-2H3/t22-,26+,27-,28?,29?,30+,32+,34?,35+,36-,37+;18-,19+,20?,21?,22-,24+,25-,26?,27-,28+,29-/m10/s1. The second kappa shape index (κ2) is 23.4. The summed E-state index contributed by atoms with van der Waals surface area (Å²) >= 11 is 0. The SMILES string of the molecule is C[C@@H]1[C@@H](N=[N+]=[N-])COC(O[C@@H]2C=C3CCC4C(CC[C@]5(C)[C@@H](c6ccc(=O)oc6)CC[C@]45O)[C@@]3(C)CC2)[C@H]1OC(=O)c1ccccc1.C[C@]12CC[C@H](OC3OC[C@H](N=[N+]=[N-])[C@@H](O)[C@@H]3O)C=C1CCC1C2CC[C@]2(C)[C@@H](c3ccc(=O)oc3)CC[C@]12O. The molecule has 8 fully saturated rings. The third-order valence-corrected chi connectivity index (χ3v) is 24.3. The van der Waals surface area contributed by atoms with E-state index in [2.05, 4.69) is 59.9 Å². The van der Waals surface area contributed by atoms with E-state index in [0.29, 0.717) is 17.4 Å². The molecule has 86 heavy (non-hydrogen) atoms. The summed E-state index contributed by atoms with van der Waals surface area (Å²) < 4.78 is 40.9. The van der Waals surface area contributed by atoms with Crippen LogP contribution in [0.2, 0.25) is 0 Å². The molecule has 1 aromatic carbocycles. The molecule has 22 atom stereocenters. The predicted molar refractivity (Wildman–Crippen MR) is 314 cm³/mol. The predicted octanol–water partition coefficient (Wildman–Crippen LogP) is 11.0. The van der Waals surface area contributed by atoms with Crippen molar-refractivity contribution < 1.29 is 57.7 Å². The number of esters is 1. The lowest BCUT2D eigenvalue weighted by Gasteiger charge is -2.62. The Bertz CT molecular complexity index is 3270. The molecule has 20 nitrogen and oxygen atoms in total. The molecular formula is C66H84N6O14. The number of nitrogens with zero attached hydrogens (tertiary/aromatic N) is 6. The zero-order chi connectivity index (χ0) is 60.6. The summed E-state index contributed by atoms with van der Waals surface area (Å²) in [5.41, 5.74) is 20.1. The van der Waals surface area contributed by atoms with Crippen LogP contribution in [0.25, 0.3) is 20.9 Å². The van der Waals surface area contributed by atoms with E-state index in [1.165, 1.54) is 23.3 Å². The van der Waals surface area contributed by atoms with Crippen LogP contribution in [-0.4, -0.2) is 106 Å². The molecule has 462 valence electrons. The van der Waals surface area contributed by atoms with Crippen LogP contribution >= 0.6 is 0 Å². The molecule has 4 N–H and O–H groups in total. The smallest absolute Gasteiger partial charge is 0.338 e. The van der Waals surface area contributed by atoms with Crippen molar-refractivity contribution in [2.75, 3.05) is 13.2 Å². The molecule has 0 bridgehead atoms. The maximum atomic E-state index is 13.1. The van der Waals surface area contributed by atoms with Gasteiger partial charge in [0.2, 0.25) is 0 Å². The van der Waals surface area contributed by atoms with Gasteiger partial charge in [-0.2, -0.15) is 0 Å². The van der Waals surface area contributed by atoms with Gasteiger partial charge in [0.15, 0.2) is 18.7 Å². The van der Waals surface area contributed by atoms with Crippen LogP contribution in [0.4, 0.5) is 0 Å². The van der Waals surface area contributed by atoms with Gasteiger partial charge in [0, 0.05) is 38.7 Å². The number of ether oxygens (including phenoxy) is 5. The maximum absolute atomic E-state index is 13.1. The number of carbonyl (C=O) groups excluding carboxylic acids is 1. The molecule has 2 aliphatic heterocycles. The fourth-order valence-corrected chi connectivity index (χ4v) is 19.3. The van der Waals surface area contributed by atoms with Crippen LogP contribution in [0, 0.1) is 51.2 Å². The van der Waals surface area contributed by atoms with E-state index in [-0.39, 0.29) is 87.9 Å². The van der Waals surface area contributed by atoms with Gasteiger partial charge in [0.1, 0.15) is 6.10 Å². The molecule has 3 aromatic rings. The van der Waals surface area contributed by atoms with Gasteiger partial charge < -0.3 is 52.9 Å². The number of aliphatic hydroxyl groups is 4. The minimum Gasteiger partial charge on any atom is -0.453 e. The van der Waals surface area contributed by atoms with E-state index in [1.807, 2.05) is 25.1 Å². The number of aliphatic hydroxyl groups excluding tert-OH is 2. The van der Waals surface area contributed by atoms with Crippen molar-refractivity contribution in [3.05, 3.63) is 149 Å². The third-order valence-electron chi connectivity index (χ3n) is 24.3. The highest BCUT2D eigenvalue weighted by molar-refractivity contribution is 5.89. The van der Waals surface area contributed by atoms with E-state index in [0.717, 1.165) is 114 Å². The number of hydrogen-bond donors (Lipinski definition) is 4. The average molecular weight is 1190 g/mol. The number of carbonyl (C=O) groups is 1. The first-order valence-corrected chi connectivity index (χ1v) is 31.5. The van der Waals surface area contributed by atoms with E-state index in [4.69, 9.17) is 43.6 Å². The monoisotopic (exact) mass is 1180 g/mol.